The molecule has 6 N–H and O–H groups in total. The van der Waals surface area contributed by atoms with E-state index in [0.29, 0.717) is 66.1 Å². The minimum atomic E-state index is -0.591. The Bertz CT molecular complexity index is 1500. The number of benzene rings is 2. The molecule has 4 fully saturated rings. The molecule has 9 nitrogen and oxygen atoms in total. The van der Waals surface area contributed by atoms with Gasteiger partial charge < -0.3 is 20.8 Å². The monoisotopic (exact) mass is 673 g/mol. The van der Waals surface area contributed by atoms with Gasteiger partial charge in [0.25, 0.3) is 11.8 Å². The Morgan fingerprint density at radius 3 is 2.02 bits per heavy atom. The largest absolute Gasteiger partial charge is 0.393 e. The predicted octanol–water partition coefficient (Wildman–Crippen LogP) is 5.76. The van der Waals surface area contributed by atoms with E-state index < -0.39 is 5.91 Å². The highest BCUT2D eigenvalue weighted by molar-refractivity contribution is 5.94. The van der Waals surface area contributed by atoms with Crippen molar-refractivity contribution in [2.75, 3.05) is 0 Å². The maximum absolute atomic E-state index is 12.9. The van der Waals surface area contributed by atoms with Crippen molar-refractivity contribution in [2.24, 2.45) is 46.3 Å². The van der Waals surface area contributed by atoms with Crippen LogP contribution in [0.5, 0.6) is 0 Å². The van der Waals surface area contributed by atoms with Crippen LogP contribution in [0.15, 0.2) is 48.5 Å². The van der Waals surface area contributed by atoms with Gasteiger partial charge in [0, 0.05) is 30.6 Å². The normalized spacial score (nSPS) is 34.1. The summed E-state index contributed by atoms with van der Waals surface area (Å²) in [6, 6.07) is 13.8. The van der Waals surface area contributed by atoms with Crippen molar-refractivity contribution in [1.29, 1.82) is 0 Å². The Hall–Kier alpha value is -3.27. The molecule has 0 radical (unpaired) electrons. The van der Waals surface area contributed by atoms with Crippen molar-refractivity contribution in [2.45, 2.75) is 110 Å². The molecule has 0 heterocycles. The van der Waals surface area contributed by atoms with Crippen molar-refractivity contribution in [1.82, 2.24) is 16.1 Å². The quantitative estimate of drug-likeness (QED) is 0.140. The van der Waals surface area contributed by atoms with Gasteiger partial charge in [-0.15, -0.1) is 0 Å². The van der Waals surface area contributed by atoms with Crippen LogP contribution in [0.3, 0.4) is 0 Å². The molecule has 2 aromatic carbocycles. The molecule has 0 saturated heterocycles. The smallest absolute Gasteiger partial charge is 0.274 e. The van der Waals surface area contributed by atoms with Gasteiger partial charge >= 0.3 is 0 Å². The Morgan fingerprint density at radius 2 is 1.37 bits per heavy atom. The number of aliphatic hydroxyl groups is 2. The van der Waals surface area contributed by atoms with Gasteiger partial charge in [-0.3, -0.25) is 19.6 Å². The van der Waals surface area contributed by atoms with Crippen LogP contribution in [-0.4, -0.2) is 45.3 Å². The number of carbonyl (C=O) groups excluding carboxylic acids is 3. The van der Waals surface area contributed by atoms with Crippen molar-refractivity contribution >= 4 is 17.7 Å². The molecule has 0 bridgehead atoms. The van der Waals surface area contributed by atoms with E-state index in [1.807, 2.05) is 12.1 Å². The zero-order valence-corrected chi connectivity index (χ0v) is 29.3. The van der Waals surface area contributed by atoms with Gasteiger partial charge in [0.2, 0.25) is 5.91 Å². The fraction of sp³-hybridized carbons (Fsp3) is 0.625. The van der Waals surface area contributed by atoms with E-state index in [1.165, 1.54) is 25.7 Å². The third-order valence-electron chi connectivity index (χ3n) is 13.7. The van der Waals surface area contributed by atoms with Gasteiger partial charge in [-0.25, -0.2) is 5.48 Å². The number of hydroxylamine groups is 1. The molecular weight excluding hydrogens is 618 g/mol. The van der Waals surface area contributed by atoms with Gasteiger partial charge in [-0.2, -0.15) is 0 Å². The summed E-state index contributed by atoms with van der Waals surface area (Å²) in [5.41, 5.74) is 4.62. The van der Waals surface area contributed by atoms with Gasteiger partial charge in [-0.1, -0.05) is 45.0 Å². The van der Waals surface area contributed by atoms with E-state index in [2.05, 4.69) is 31.4 Å². The van der Waals surface area contributed by atoms with Crippen LogP contribution in [0.2, 0.25) is 0 Å². The lowest BCUT2D eigenvalue weighted by Gasteiger charge is -2.62. The van der Waals surface area contributed by atoms with E-state index in [4.69, 9.17) is 5.21 Å². The molecule has 3 amide bonds. The number of carbonyl (C=O) groups is 3. The first-order valence-corrected chi connectivity index (χ1v) is 18.5. The summed E-state index contributed by atoms with van der Waals surface area (Å²) in [6.45, 7) is 7.97. The second-order valence-electron chi connectivity index (χ2n) is 16.3. The van der Waals surface area contributed by atoms with Crippen molar-refractivity contribution in [3.63, 3.8) is 0 Å². The number of aliphatic hydroxyl groups excluding tert-OH is 2. The van der Waals surface area contributed by atoms with Gasteiger partial charge in [0.05, 0.1) is 12.2 Å². The molecule has 49 heavy (non-hydrogen) atoms. The topological polar surface area (TPSA) is 148 Å². The second kappa shape index (κ2) is 14.5. The molecule has 0 spiro atoms. The highest BCUT2D eigenvalue weighted by Gasteiger charge is 2.62. The molecule has 0 aliphatic heterocycles. The lowest BCUT2D eigenvalue weighted by Crippen LogP contribution is -2.58. The molecule has 10 atom stereocenters. The first-order chi connectivity index (χ1) is 23.4. The zero-order valence-electron chi connectivity index (χ0n) is 29.3. The average Bonchev–Trinajstić information content (AvgIpc) is 3.46. The zero-order chi connectivity index (χ0) is 34.9. The van der Waals surface area contributed by atoms with Crippen LogP contribution < -0.4 is 16.1 Å². The van der Waals surface area contributed by atoms with E-state index in [9.17, 15) is 24.6 Å². The van der Waals surface area contributed by atoms with Crippen LogP contribution in [0.1, 0.15) is 117 Å². The van der Waals surface area contributed by atoms with Gasteiger partial charge in [-0.05, 0) is 140 Å². The van der Waals surface area contributed by atoms with E-state index in [-0.39, 0.29) is 34.9 Å². The van der Waals surface area contributed by atoms with Crippen LogP contribution >= 0.6 is 0 Å². The summed E-state index contributed by atoms with van der Waals surface area (Å²) in [4.78, 5) is 37.1. The number of rotatable bonds is 10. The number of nitrogens with one attached hydrogen (secondary N) is 3. The lowest BCUT2D eigenvalue weighted by atomic mass is 9.43. The van der Waals surface area contributed by atoms with Crippen LogP contribution in [0.25, 0.3) is 0 Å². The fourth-order valence-corrected chi connectivity index (χ4v) is 10.9. The average molecular weight is 674 g/mol. The second-order valence-corrected chi connectivity index (χ2v) is 16.3. The summed E-state index contributed by atoms with van der Waals surface area (Å²) in [7, 11) is 0. The van der Waals surface area contributed by atoms with Crippen molar-refractivity contribution in [3.05, 3.63) is 70.8 Å². The Balaban J connectivity index is 0.954. The SMILES string of the molecule is C[C@H](CCC(=O)NCc1ccc(C(=O)NCc2ccc(C(=O)NO)cc2)cc1)[C@H]1CC[C@H]2[C@@H]3[C@@H](O)C[C@@H]4C[C@H](O)CC[C@]4(C)[C@H]3CC[C@]12C. The molecule has 266 valence electrons. The minimum absolute atomic E-state index is 0.0423. The summed E-state index contributed by atoms with van der Waals surface area (Å²) in [6.07, 6.45) is 9.23. The molecule has 4 aliphatic carbocycles. The lowest BCUT2D eigenvalue weighted by molar-refractivity contribution is -0.174. The summed E-state index contributed by atoms with van der Waals surface area (Å²) in [5.74, 6) is 2.08. The molecule has 0 unspecified atom stereocenters. The standard InChI is InChI=1S/C40H55N3O6/c1-24(31-13-14-32-36-33(17-19-40(31,32)3)39(2)18-16-30(44)20-29(39)21-34(36)45)4-15-35(46)41-22-25-5-9-27(10-6-25)37(47)42-23-26-7-11-28(12-8-26)38(48)43-49/h5-12,24,29-34,36,44-45,49H,4,13-23H2,1-3H3,(H,41,46)(H,42,47)(H,43,48)/t24-,29+,30-,31-,32+,33+,34+,36+,39+,40-/m1/s1. The van der Waals surface area contributed by atoms with E-state index in [1.54, 1.807) is 41.9 Å². The van der Waals surface area contributed by atoms with Crippen LogP contribution in [-0.2, 0) is 17.9 Å². The Morgan fingerprint density at radius 1 is 0.776 bits per heavy atom. The highest BCUT2D eigenvalue weighted by atomic mass is 16.5. The van der Waals surface area contributed by atoms with Crippen molar-refractivity contribution in [3.8, 4) is 0 Å². The molecule has 4 saturated carbocycles. The van der Waals surface area contributed by atoms with Crippen molar-refractivity contribution < 1.29 is 29.8 Å². The van der Waals surface area contributed by atoms with E-state index >= 15 is 0 Å². The minimum Gasteiger partial charge on any atom is -0.393 e. The van der Waals surface area contributed by atoms with Crippen LogP contribution in [0, 0.1) is 46.3 Å². The fourth-order valence-electron chi connectivity index (χ4n) is 10.9. The molecule has 6 rings (SSSR count). The number of hydrogen-bond donors (Lipinski definition) is 6. The number of fused-ring (bicyclic) bond motifs is 5. The first kappa shape index (κ1) is 35.6. The van der Waals surface area contributed by atoms with Gasteiger partial charge in [0.1, 0.15) is 0 Å². The maximum Gasteiger partial charge on any atom is 0.274 e. The van der Waals surface area contributed by atoms with Crippen LogP contribution in [0.4, 0.5) is 0 Å². The molecular formula is C40H55N3O6. The Labute approximate surface area is 290 Å². The number of amides is 3. The third kappa shape index (κ3) is 7.17. The maximum atomic E-state index is 12.9. The Kier molecular flexibility index (Phi) is 10.5. The summed E-state index contributed by atoms with van der Waals surface area (Å²) >= 11 is 0. The number of hydrogen-bond acceptors (Lipinski definition) is 6. The molecule has 4 aliphatic rings. The molecule has 9 heteroatoms. The third-order valence-corrected chi connectivity index (χ3v) is 13.7. The first-order valence-electron chi connectivity index (χ1n) is 18.5. The predicted molar refractivity (Wildman–Crippen MR) is 186 cm³/mol. The van der Waals surface area contributed by atoms with E-state index in [0.717, 1.165) is 43.2 Å². The highest BCUT2D eigenvalue weighted by Crippen LogP contribution is 2.68. The van der Waals surface area contributed by atoms with Gasteiger partial charge in [0.15, 0.2) is 0 Å². The summed E-state index contributed by atoms with van der Waals surface area (Å²) < 4.78 is 0. The summed E-state index contributed by atoms with van der Waals surface area (Å²) in [5, 5.41) is 36.6. The molecule has 2 aromatic rings. The molecule has 0 aromatic heterocycles.